The fourth-order valence-corrected chi connectivity index (χ4v) is 5.33. The molecule has 0 spiro atoms. The molecule has 0 bridgehead atoms. The Morgan fingerprint density at radius 2 is 1.83 bits per heavy atom. The Labute approximate surface area is 180 Å². The predicted molar refractivity (Wildman–Crippen MR) is 124 cm³/mol. The van der Waals surface area contributed by atoms with Gasteiger partial charge in [0.2, 0.25) is 0 Å². The van der Waals surface area contributed by atoms with Gasteiger partial charge >= 0.3 is 0 Å². The van der Waals surface area contributed by atoms with E-state index in [1.165, 1.54) is 12.8 Å². The molecular formula is C24H37N5O. The Balaban J connectivity index is 1.78. The van der Waals surface area contributed by atoms with E-state index in [9.17, 15) is 4.79 Å². The van der Waals surface area contributed by atoms with E-state index in [4.69, 9.17) is 4.98 Å². The van der Waals surface area contributed by atoms with Crippen LogP contribution in [0.2, 0.25) is 0 Å². The quantitative estimate of drug-likeness (QED) is 0.788. The van der Waals surface area contributed by atoms with E-state index in [2.05, 4.69) is 61.0 Å². The molecule has 2 aromatic rings. The minimum absolute atomic E-state index is 0.107. The minimum Gasteiger partial charge on any atom is -0.372 e. The molecule has 3 heterocycles. The van der Waals surface area contributed by atoms with Gasteiger partial charge in [0.15, 0.2) is 0 Å². The summed E-state index contributed by atoms with van der Waals surface area (Å²) >= 11 is 0. The number of nitrogens with zero attached hydrogens (tertiary/aromatic N) is 4. The van der Waals surface area contributed by atoms with Crippen LogP contribution in [0.4, 0.5) is 5.69 Å². The van der Waals surface area contributed by atoms with Crippen LogP contribution in [0.25, 0.3) is 10.9 Å². The molecule has 2 aliphatic heterocycles. The highest BCUT2D eigenvalue weighted by atomic mass is 16.1. The number of piperazine rings is 1. The third-order valence-corrected chi connectivity index (χ3v) is 6.64. The topological polar surface area (TPSA) is 53.4 Å². The summed E-state index contributed by atoms with van der Waals surface area (Å²) < 4.78 is 1.92. The lowest BCUT2D eigenvalue weighted by molar-refractivity contribution is 0.109. The summed E-state index contributed by atoms with van der Waals surface area (Å²) in [7, 11) is 0. The molecule has 6 nitrogen and oxygen atoms in total. The van der Waals surface area contributed by atoms with Gasteiger partial charge < -0.3 is 10.2 Å². The van der Waals surface area contributed by atoms with E-state index >= 15 is 0 Å². The summed E-state index contributed by atoms with van der Waals surface area (Å²) in [5.74, 6) is 0.937. The largest absolute Gasteiger partial charge is 0.372 e. The molecule has 4 rings (SSSR count). The molecule has 1 unspecified atom stereocenters. The van der Waals surface area contributed by atoms with Gasteiger partial charge in [-0.2, -0.15) is 0 Å². The number of rotatable bonds is 6. The summed E-state index contributed by atoms with van der Waals surface area (Å²) in [6.07, 6.45) is 4.55. The highest BCUT2D eigenvalue weighted by Gasteiger charge is 2.30. The zero-order valence-corrected chi connectivity index (χ0v) is 19.0. The van der Waals surface area contributed by atoms with Crippen molar-refractivity contribution in [3.63, 3.8) is 0 Å². The third kappa shape index (κ3) is 4.12. The smallest absolute Gasteiger partial charge is 0.261 e. The second kappa shape index (κ2) is 9.06. The predicted octanol–water partition coefficient (Wildman–Crippen LogP) is 3.54. The molecule has 164 valence electrons. The number of hydrogen-bond acceptors (Lipinski definition) is 5. The molecule has 1 aromatic heterocycles. The second-order valence-electron chi connectivity index (χ2n) is 9.14. The van der Waals surface area contributed by atoms with Crippen LogP contribution in [0.15, 0.2) is 23.0 Å². The van der Waals surface area contributed by atoms with Crippen LogP contribution in [-0.2, 0) is 6.54 Å². The SMILES string of the molecule is CCCC(c1nc2ccc(N3CCCC3)cc2c(=O)n1CC)N1C[C@@H](C)N[C@@H](C)C1. The van der Waals surface area contributed by atoms with E-state index in [1.54, 1.807) is 0 Å². The van der Waals surface area contributed by atoms with E-state index in [-0.39, 0.29) is 11.6 Å². The molecule has 2 saturated heterocycles. The van der Waals surface area contributed by atoms with Gasteiger partial charge in [0.1, 0.15) is 5.82 Å². The molecular weight excluding hydrogens is 374 g/mol. The molecule has 6 heteroatoms. The lowest BCUT2D eigenvalue weighted by Crippen LogP contribution is -2.55. The van der Waals surface area contributed by atoms with Crippen LogP contribution >= 0.6 is 0 Å². The first-order chi connectivity index (χ1) is 14.5. The average molecular weight is 412 g/mol. The van der Waals surface area contributed by atoms with Gasteiger partial charge in [-0.1, -0.05) is 13.3 Å². The van der Waals surface area contributed by atoms with Crippen LogP contribution in [0.3, 0.4) is 0 Å². The van der Waals surface area contributed by atoms with Gasteiger partial charge in [-0.25, -0.2) is 4.98 Å². The first kappa shape index (κ1) is 21.3. The van der Waals surface area contributed by atoms with Crippen molar-refractivity contribution < 1.29 is 0 Å². The van der Waals surface area contributed by atoms with Gasteiger partial charge in [0.05, 0.1) is 16.9 Å². The maximum atomic E-state index is 13.5. The Morgan fingerprint density at radius 3 is 2.47 bits per heavy atom. The number of benzene rings is 1. The zero-order valence-electron chi connectivity index (χ0n) is 19.0. The van der Waals surface area contributed by atoms with Crippen LogP contribution in [0, 0.1) is 0 Å². The Hall–Kier alpha value is -1.92. The van der Waals surface area contributed by atoms with Crippen molar-refractivity contribution in [2.45, 2.75) is 78.0 Å². The van der Waals surface area contributed by atoms with Gasteiger partial charge in [-0.15, -0.1) is 0 Å². The number of hydrogen-bond donors (Lipinski definition) is 1. The molecule has 1 aromatic carbocycles. The molecule has 0 saturated carbocycles. The molecule has 30 heavy (non-hydrogen) atoms. The van der Waals surface area contributed by atoms with Crippen LogP contribution in [0.5, 0.6) is 0 Å². The molecule has 0 radical (unpaired) electrons. The zero-order chi connectivity index (χ0) is 21.3. The second-order valence-corrected chi connectivity index (χ2v) is 9.14. The van der Waals surface area contributed by atoms with Crippen molar-refractivity contribution in [3.05, 3.63) is 34.4 Å². The summed E-state index contributed by atoms with van der Waals surface area (Å²) in [6, 6.07) is 7.33. The number of fused-ring (bicyclic) bond motifs is 1. The molecule has 0 amide bonds. The maximum absolute atomic E-state index is 13.5. The van der Waals surface area contributed by atoms with Gasteiger partial charge in [0.25, 0.3) is 5.56 Å². The van der Waals surface area contributed by atoms with Gasteiger partial charge in [-0.05, 0) is 58.2 Å². The summed E-state index contributed by atoms with van der Waals surface area (Å²) in [4.78, 5) is 23.6. The molecule has 3 atom stereocenters. The Kier molecular flexibility index (Phi) is 6.44. The fraction of sp³-hybridized carbons (Fsp3) is 0.667. The van der Waals surface area contributed by atoms with Crippen molar-refractivity contribution in [3.8, 4) is 0 Å². The molecule has 1 N–H and O–H groups in total. The lowest BCUT2D eigenvalue weighted by Gasteiger charge is -2.41. The standard InChI is InChI=1S/C24H37N5O/c1-5-9-22(28-15-17(3)25-18(4)16-28)23-26-21-11-10-19(27-12-7-8-13-27)14-20(21)24(30)29(23)6-2/h10-11,14,17-18,22,25H,5-9,12-13,15-16H2,1-4H3/t17-,18+,22?. The first-order valence-corrected chi connectivity index (χ1v) is 11.8. The number of aromatic nitrogens is 2. The number of anilines is 1. The Bertz CT molecular complexity index is 923. The fourth-order valence-electron chi connectivity index (χ4n) is 5.33. The van der Waals surface area contributed by atoms with Crippen molar-refractivity contribution >= 4 is 16.6 Å². The summed E-state index contributed by atoms with van der Waals surface area (Å²) in [6.45, 7) is 13.6. The average Bonchev–Trinajstić information content (AvgIpc) is 3.26. The summed E-state index contributed by atoms with van der Waals surface area (Å²) in [5, 5.41) is 4.38. The third-order valence-electron chi connectivity index (χ3n) is 6.64. The van der Waals surface area contributed by atoms with E-state index in [1.807, 2.05) is 4.57 Å². The van der Waals surface area contributed by atoms with Crippen molar-refractivity contribution in [1.82, 2.24) is 19.8 Å². The van der Waals surface area contributed by atoms with E-state index in [0.29, 0.717) is 18.6 Å². The normalized spacial score (nSPS) is 23.9. The first-order valence-electron chi connectivity index (χ1n) is 11.8. The maximum Gasteiger partial charge on any atom is 0.261 e. The van der Waals surface area contributed by atoms with Crippen LogP contribution in [0.1, 0.15) is 65.2 Å². The van der Waals surface area contributed by atoms with E-state index < -0.39 is 0 Å². The number of nitrogens with one attached hydrogen (secondary N) is 1. The highest BCUT2D eigenvalue weighted by Crippen LogP contribution is 2.29. The van der Waals surface area contributed by atoms with Gasteiger partial charge in [-0.3, -0.25) is 14.3 Å². The summed E-state index contributed by atoms with van der Waals surface area (Å²) in [5.41, 5.74) is 2.10. The van der Waals surface area contributed by atoms with Crippen molar-refractivity contribution in [1.29, 1.82) is 0 Å². The lowest BCUT2D eigenvalue weighted by atomic mass is 10.0. The highest BCUT2D eigenvalue weighted by molar-refractivity contribution is 5.82. The van der Waals surface area contributed by atoms with Crippen molar-refractivity contribution in [2.24, 2.45) is 0 Å². The van der Waals surface area contributed by atoms with Crippen LogP contribution < -0.4 is 15.8 Å². The molecule has 2 aliphatic rings. The van der Waals surface area contributed by atoms with E-state index in [0.717, 1.165) is 61.4 Å². The van der Waals surface area contributed by atoms with Crippen LogP contribution in [-0.4, -0.2) is 52.7 Å². The van der Waals surface area contributed by atoms with Crippen molar-refractivity contribution in [2.75, 3.05) is 31.1 Å². The monoisotopic (exact) mass is 411 g/mol. The molecule has 2 fully saturated rings. The Morgan fingerprint density at radius 1 is 1.13 bits per heavy atom. The minimum atomic E-state index is 0.107. The molecule has 0 aliphatic carbocycles. The van der Waals surface area contributed by atoms with Gasteiger partial charge in [0, 0.05) is 50.5 Å².